The fraction of sp³-hybridized carbons (Fsp3) is 0.308. The molecule has 0 saturated heterocycles. The maximum absolute atomic E-state index is 8.94. The minimum Gasteiger partial charge on any atom is -0.363 e. The molecule has 5 nitrogen and oxygen atoms in total. The molecule has 0 fully saturated rings. The largest absolute Gasteiger partial charge is 0.363 e. The Morgan fingerprint density at radius 2 is 2.28 bits per heavy atom. The summed E-state index contributed by atoms with van der Waals surface area (Å²) in [5.74, 6) is 1.94. The first-order valence-electron chi connectivity index (χ1n) is 5.83. The molecule has 0 aliphatic rings. The van der Waals surface area contributed by atoms with E-state index in [-0.39, 0.29) is 0 Å². The van der Waals surface area contributed by atoms with E-state index in [4.69, 9.17) is 5.26 Å². The highest BCUT2D eigenvalue weighted by Crippen LogP contribution is 2.13. The van der Waals surface area contributed by atoms with E-state index in [0.717, 1.165) is 11.5 Å². The summed E-state index contributed by atoms with van der Waals surface area (Å²) in [4.78, 5) is 11.7. The van der Waals surface area contributed by atoms with Crippen LogP contribution in [0.5, 0.6) is 0 Å². The molecule has 2 heterocycles. The number of hydrogen-bond donors (Lipinski definition) is 2. The first-order chi connectivity index (χ1) is 8.70. The SMILES string of the molecule is CC(C)c1ncc(CNc2ncccc2C#N)[nH]1. The van der Waals surface area contributed by atoms with Gasteiger partial charge in [0.15, 0.2) is 0 Å². The number of nitrogens with zero attached hydrogens (tertiary/aromatic N) is 3. The van der Waals surface area contributed by atoms with Crippen LogP contribution in [0.2, 0.25) is 0 Å². The number of aromatic nitrogens is 3. The summed E-state index contributed by atoms with van der Waals surface area (Å²) >= 11 is 0. The highest BCUT2D eigenvalue weighted by molar-refractivity contribution is 5.51. The van der Waals surface area contributed by atoms with Crippen molar-refractivity contribution in [1.29, 1.82) is 5.26 Å². The Morgan fingerprint density at radius 1 is 1.44 bits per heavy atom. The van der Waals surface area contributed by atoms with Gasteiger partial charge in [0.2, 0.25) is 0 Å². The second kappa shape index (κ2) is 5.32. The first kappa shape index (κ1) is 12.1. The third-order valence-electron chi connectivity index (χ3n) is 2.57. The Morgan fingerprint density at radius 3 is 2.94 bits per heavy atom. The smallest absolute Gasteiger partial charge is 0.144 e. The van der Waals surface area contributed by atoms with Crippen molar-refractivity contribution in [2.24, 2.45) is 0 Å². The lowest BCUT2D eigenvalue weighted by Crippen LogP contribution is -2.03. The van der Waals surface area contributed by atoms with Crippen LogP contribution >= 0.6 is 0 Å². The highest BCUT2D eigenvalue weighted by Gasteiger charge is 2.06. The van der Waals surface area contributed by atoms with Gasteiger partial charge in [-0.3, -0.25) is 0 Å². The van der Waals surface area contributed by atoms with E-state index in [1.165, 1.54) is 0 Å². The number of aromatic amines is 1. The number of anilines is 1. The van der Waals surface area contributed by atoms with Gasteiger partial charge < -0.3 is 10.3 Å². The summed E-state index contributed by atoms with van der Waals surface area (Å²) < 4.78 is 0. The second-order valence-electron chi connectivity index (χ2n) is 4.31. The van der Waals surface area contributed by atoms with E-state index in [9.17, 15) is 0 Å². The molecule has 0 bridgehead atoms. The quantitative estimate of drug-likeness (QED) is 0.861. The topological polar surface area (TPSA) is 77.4 Å². The van der Waals surface area contributed by atoms with Crippen molar-refractivity contribution >= 4 is 5.82 Å². The summed E-state index contributed by atoms with van der Waals surface area (Å²) in [6, 6.07) is 5.59. The van der Waals surface area contributed by atoms with Gasteiger partial charge >= 0.3 is 0 Å². The van der Waals surface area contributed by atoms with Crippen LogP contribution in [0.4, 0.5) is 5.82 Å². The second-order valence-corrected chi connectivity index (χ2v) is 4.31. The van der Waals surface area contributed by atoms with Crippen LogP contribution in [0, 0.1) is 11.3 Å². The summed E-state index contributed by atoms with van der Waals surface area (Å²) in [5, 5.41) is 12.1. The van der Waals surface area contributed by atoms with E-state index >= 15 is 0 Å². The number of H-pyrrole nitrogens is 1. The summed E-state index contributed by atoms with van der Waals surface area (Å²) in [6.45, 7) is 4.75. The van der Waals surface area contributed by atoms with Crippen LogP contribution in [0.15, 0.2) is 24.5 Å². The molecule has 2 aromatic rings. The molecule has 18 heavy (non-hydrogen) atoms. The van der Waals surface area contributed by atoms with Crippen molar-refractivity contribution in [2.75, 3.05) is 5.32 Å². The molecule has 0 atom stereocenters. The summed E-state index contributed by atoms with van der Waals surface area (Å²) in [6.07, 6.45) is 3.47. The number of rotatable bonds is 4. The number of nitriles is 1. The van der Waals surface area contributed by atoms with Crippen LogP contribution in [0.25, 0.3) is 0 Å². The van der Waals surface area contributed by atoms with Crippen LogP contribution < -0.4 is 5.32 Å². The van der Waals surface area contributed by atoms with Crippen molar-refractivity contribution in [3.63, 3.8) is 0 Å². The van der Waals surface area contributed by atoms with E-state index in [1.54, 1.807) is 24.5 Å². The standard InChI is InChI=1S/C13H15N5/c1-9(2)12-16-7-11(18-12)8-17-13-10(6-14)4-3-5-15-13/h3-5,7,9H,8H2,1-2H3,(H,15,17)(H,16,18). The van der Waals surface area contributed by atoms with Crippen LogP contribution in [-0.2, 0) is 6.54 Å². The average molecular weight is 241 g/mol. The van der Waals surface area contributed by atoms with Gasteiger partial charge in [0, 0.05) is 12.1 Å². The number of pyridine rings is 1. The van der Waals surface area contributed by atoms with Gasteiger partial charge in [0.05, 0.1) is 24.0 Å². The van der Waals surface area contributed by atoms with Gasteiger partial charge in [-0.2, -0.15) is 5.26 Å². The lowest BCUT2D eigenvalue weighted by Gasteiger charge is -2.05. The van der Waals surface area contributed by atoms with Gasteiger partial charge in [-0.1, -0.05) is 13.8 Å². The molecule has 2 N–H and O–H groups in total. The zero-order chi connectivity index (χ0) is 13.0. The molecule has 0 amide bonds. The third-order valence-corrected chi connectivity index (χ3v) is 2.57. The molecular formula is C13H15N5. The van der Waals surface area contributed by atoms with Gasteiger partial charge in [-0.25, -0.2) is 9.97 Å². The zero-order valence-corrected chi connectivity index (χ0v) is 10.4. The Kier molecular flexibility index (Phi) is 3.58. The maximum Gasteiger partial charge on any atom is 0.144 e. The lowest BCUT2D eigenvalue weighted by molar-refractivity contribution is 0.789. The predicted molar refractivity (Wildman–Crippen MR) is 69.0 cm³/mol. The molecule has 5 heteroatoms. The highest BCUT2D eigenvalue weighted by atomic mass is 15.0. The Balaban J connectivity index is 2.05. The van der Waals surface area contributed by atoms with Gasteiger partial charge in [-0.15, -0.1) is 0 Å². The number of nitrogens with one attached hydrogen (secondary N) is 2. The van der Waals surface area contributed by atoms with Gasteiger partial charge in [0.25, 0.3) is 0 Å². The molecule has 0 radical (unpaired) electrons. The summed E-state index contributed by atoms with van der Waals surface area (Å²) in [7, 11) is 0. The normalized spacial score (nSPS) is 10.3. The minimum atomic E-state index is 0.378. The van der Waals surface area contributed by atoms with Crippen LogP contribution in [0.3, 0.4) is 0 Å². The fourth-order valence-corrected chi connectivity index (χ4v) is 1.58. The predicted octanol–water partition coefficient (Wildman–Crippen LogP) is 2.41. The summed E-state index contributed by atoms with van der Waals surface area (Å²) in [5.41, 5.74) is 1.52. The van der Waals surface area contributed by atoms with E-state index in [0.29, 0.717) is 23.8 Å². The average Bonchev–Trinajstić information content (AvgIpc) is 2.85. The van der Waals surface area contributed by atoms with Crippen molar-refractivity contribution < 1.29 is 0 Å². The minimum absolute atomic E-state index is 0.378. The molecule has 0 aliphatic carbocycles. The Labute approximate surface area is 106 Å². The van der Waals surface area contributed by atoms with E-state index in [1.807, 2.05) is 0 Å². The van der Waals surface area contributed by atoms with Crippen molar-refractivity contribution in [2.45, 2.75) is 26.3 Å². The lowest BCUT2D eigenvalue weighted by atomic mass is 10.2. The van der Waals surface area contributed by atoms with Crippen LogP contribution in [0.1, 0.15) is 36.8 Å². The third kappa shape index (κ3) is 2.66. The maximum atomic E-state index is 8.94. The first-order valence-corrected chi connectivity index (χ1v) is 5.83. The number of imidazole rings is 1. The van der Waals surface area contributed by atoms with Crippen molar-refractivity contribution in [1.82, 2.24) is 15.0 Å². The fourth-order valence-electron chi connectivity index (χ4n) is 1.58. The van der Waals surface area contributed by atoms with Gasteiger partial charge in [0.1, 0.15) is 17.7 Å². The van der Waals surface area contributed by atoms with E-state index in [2.05, 4.69) is 40.2 Å². The number of hydrogen-bond acceptors (Lipinski definition) is 4. The molecule has 0 spiro atoms. The van der Waals surface area contributed by atoms with E-state index < -0.39 is 0 Å². The zero-order valence-electron chi connectivity index (χ0n) is 10.4. The molecule has 0 saturated carbocycles. The van der Waals surface area contributed by atoms with Crippen LogP contribution in [-0.4, -0.2) is 15.0 Å². The van der Waals surface area contributed by atoms with Gasteiger partial charge in [-0.05, 0) is 12.1 Å². The van der Waals surface area contributed by atoms with Crippen molar-refractivity contribution in [3.8, 4) is 6.07 Å². The Hall–Kier alpha value is -2.35. The molecule has 0 unspecified atom stereocenters. The molecule has 2 rings (SSSR count). The monoisotopic (exact) mass is 241 g/mol. The molecule has 0 aromatic carbocycles. The van der Waals surface area contributed by atoms with Crippen molar-refractivity contribution in [3.05, 3.63) is 41.6 Å². The molecule has 2 aromatic heterocycles. The Bertz CT molecular complexity index is 565. The molecule has 0 aliphatic heterocycles. The molecule has 92 valence electrons. The molecular weight excluding hydrogens is 226 g/mol.